The van der Waals surface area contributed by atoms with E-state index in [-0.39, 0.29) is 23.3 Å². The van der Waals surface area contributed by atoms with Crippen LogP contribution in [0.5, 0.6) is 0 Å². The molecule has 0 bridgehead atoms. The second-order valence-corrected chi connectivity index (χ2v) is 5.95. The third-order valence-corrected chi connectivity index (χ3v) is 4.34. The lowest BCUT2D eigenvalue weighted by molar-refractivity contribution is 0.100. The quantitative estimate of drug-likeness (QED) is 0.901. The van der Waals surface area contributed by atoms with Crippen LogP contribution in [-0.4, -0.2) is 15.7 Å². The fourth-order valence-corrected chi connectivity index (χ4v) is 3.08. The topological polar surface area (TPSA) is 96.7 Å². The molecule has 1 fully saturated rings. The Morgan fingerprint density at radius 2 is 2.04 bits per heavy atom. The zero-order valence-electron chi connectivity index (χ0n) is 13.1. The highest BCUT2D eigenvalue weighted by atomic mass is 19.1. The molecule has 3 rings (SSSR count). The van der Waals surface area contributed by atoms with Gasteiger partial charge < -0.3 is 11.1 Å². The van der Waals surface area contributed by atoms with E-state index >= 15 is 0 Å². The maximum Gasteiger partial charge on any atom is 0.254 e. The minimum atomic E-state index is -0.602. The smallest absolute Gasteiger partial charge is 0.254 e. The first kappa shape index (κ1) is 16.0. The van der Waals surface area contributed by atoms with Crippen molar-refractivity contribution in [3.8, 4) is 6.07 Å². The largest absolute Gasteiger partial charge is 0.365 e. The monoisotopic (exact) mass is 327 g/mol. The number of aromatic nitrogens is 2. The molecule has 2 atom stereocenters. The van der Waals surface area contributed by atoms with Crippen LogP contribution in [0.25, 0.3) is 0 Å². The van der Waals surface area contributed by atoms with Crippen molar-refractivity contribution in [1.29, 1.82) is 5.26 Å². The number of nitrogens with one attached hydrogen (secondary N) is 1. The number of carbonyl (C=O) groups is 1. The van der Waals surface area contributed by atoms with Gasteiger partial charge in [0.25, 0.3) is 5.91 Å². The van der Waals surface area contributed by atoms with Crippen LogP contribution < -0.4 is 11.1 Å². The maximum atomic E-state index is 13.0. The van der Waals surface area contributed by atoms with Crippen LogP contribution in [0.3, 0.4) is 0 Å². The second kappa shape index (κ2) is 6.71. The van der Waals surface area contributed by atoms with E-state index in [0.717, 1.165) is 25.7 Å². The summed E-state index contributed by atoms with van der Waals surface area (Å²) in [7, 11) is 0. The van der Waals surface area contributed by atoms with Crippen molar-refractivity contribution < 1.29 is 9.18 Å². The number of nitrogens with zero attached hydrogens (tertiary/aromatic N) is 3. The summed E-state index contributed by atoms with van der Waals surface area (Å²) in [5.74, 6) is -0.759. The average Bonchev–Trinajstić information content (AvgIpc) is 3.01. The van der Waals surface area contributed by atoms with Gasteiger partial charge in [0.2, 0.25) is 0 Å². The lowest BCUT2D eigenvalue weighted by Crippen LogP contribution is -2.22. The van der Waals surface area contributed by atoms with E-state index < -0.39 is 5.91 Å². The van der Waals surface area contributed by atoms with Crippen LogP contribution in [0.1, 0.15) is 42.1 Å². The van der Waals surface area contributed by atoms with Gasteiger partial charge in [-0.05, 0) is 37.1 Å². The Morgan fingerprint density at radius 1 is 1.33 bits per heavy atom. The lowest BCUT2D eigenvalue weighted by Gasteiger charge is -2.26. The zero-order chi connectivity index (χ0) is 17.1. The standard InChI is InChI=1S/C17H18FN5O/c18-12-5-7-13(8-6-12)21-17-14(16(20)24)10-23(22-17)15-4-2-1-3-11(15)9-19/h5-8,10-11,15H,1-4H2,(H2,20,24)(H,21,22). The Morgan fingerprint density at radius 3 is 2.71 bits per heavy atom. The molecule has 1 heterocycles. The Hall–Kier alpha value is -2.88. The summed E-state index contributed by atoms with van der Waals surface area (Å²) in [5.41, 5.74) is 6.30. The molecule has 3 N–H and O–H groups in total. The van der Waals surface area contributed by atoms with Crippen molar-refractivity contribution in [3.63, 3.8) is 0 Å². The molecule has 1 amide bonds. The van der Waals surface area contributed by atoms with Gasteiger partial charge >= 0.3 is 0 Å². The van der Waals surface area contributed by atoms with E-state index in [4.69, 9.17) is 5.73 Å². The third kappa shape index (κ3) is 3.23. The van der Waals surface area contributed by atoms with Crippen molar-refractivity contribution in [3.05, 3.63) is 41.8 Å². The molecule has 1 aliphatic rings. The summed E-state index contributed by atoms with van der Waals surface area (Å²) < 4.78 is 14.7. The second-order valence-electron chi connectivity index (χ2n) is 5.95. The van der Waals surface area contributed by atoms with Gasteiger partial charge in [-0.15, -0.1) is 0 Å². The van der Waals surface area contributed by atoms with Crippen molar-refractivity contribution in [2.45, 2.75) is 31.7 Å². The predicted octanol–water partition coefficient (Wildman–Crippen LogP) is 3.12. The van der Waals surface area contributed by atoms with Crippen LogP contribution in [0, 0.1) is 23.1 Å². The summed E-state index contributed by atoms with van der Waals surface area (Å²) in [5, 5.41) is 16.8. The Bertz CT molecular complexity index is 777. The summed E-state index contributed by atoms with van der Waals surface area (Å²) in [4.78, 5) is 11.7. The van der Waals surface area contributed by atoms with Crippen molar-refractivity contribution >= 4 is 17.4 Å². The molecule has 7 heteroatoms. The minimum absolute atomic E-state index is 0.0642. The highest BCUT2D eigenvalue weighted by molar-refractivity contribution is 5.98. The molecule has 2 aromatic rings. The number of primary amides is 1. The number of hydrogen-bond acceptors (Lipinski definition) is 4. The molecule has 24 heavy (non-hydrogen) atoms. The van der Waals surface area contributed by atoms with Crippen molar-refractivity contribution in [1.82, 2.24) is 9.78 Å². The fraction of sp³-hybridized carbons (Fsp3) is 0.353. The van der Waals surface area contributed by atoms with E-state index in [9.17, 15) is 14.4 Å². The molecule has 0 saturated heterocycles. The van der Waals surface area contributed by atoms with Crippen molar-refractivity contribution in [2.75, 3.05) is 5.32 Å². The van der Waals surface area contributed by atoms with Gasteiger partial charge in [0.05, 0.1) is 18.0 Å². The van der Waals surface area contributed by atoms with Crippen LogP contribution in [-0.2, 0) is 0 Å². The Balaban J connectivity index is 1.91. The number of halogens is 1. The van der Waals surface area contributed by atoms with Gasteiger partial charge in [-0.25, -0.2) is 4.39 Å². The highest BCUT2D eigenvalue weighted by Crippen LogP contribution is 2.34. The molecule has 1 aromatic carbocycles. The van der Waals surface area contributed by atoms with Crippen LogP contribution in [0.4, 0.5) is 15.9 Å². The number of anilines is 2. The molecule has 124 valence electrons. The normalized spacial score (nSPS) is 20.3. The lowest BCUT2D eigenvalue weighted by atomic mass is 9.85. The van der Waals surface area contributed by atoms with Crippen LogP contribution in [0.15, 0.2) is 30.5 Å². The number of nitrogens with two attached hydrogens (primary N) is 1. The number of benzene rings is 1. The maximum absolute atomic E-state index is 13.0. The summed E-state index contributed by atoms with van der Waals surface area (Å²) in [6, 6.07) is 8.00. The Kier molecular flexibility index (Phi) is 4.47. The number of carbonyl (C=O) groups excluding carboxylic acids is 1. The molecule has 0 radical (unpaired) electrons. The van der Waals surface area contributed by atoms with Crippen LogP contribution >= 0.6 is 0 Å². The van der Waals surface area contributed by atoms with E-state index in [2.05, 4.69) is 16.5 Å². The fourth-order valence-electron chi connectivity index (χ4n) is 3.08. The molecule has 0 aliphatic heterocycles. The minimum Gasteiger partial charge on any atom is -0.365 e. The van der Waals surface area contributed by atoms with Gasteiger partial charge in [0.15, 0.2) is 5.82 Å². The third-order valence-electron chi connectivity index (χ3n) is 4.34. The molecule has 1 saturated carbocycles. The molecular weight excluding hydrogens is 309 g/mol. The van der Waals surface area contributed by atoms with Gasteiger partial charge in [-0.1, -0.05) is 12.8 Å². The summed E-state index contributed by atoms with van der Waals surface area (Å²) in [6.07, 6.45) is 5.31. The number of rotatable bonds is 4. The molecule has 2 unspecified atom stereocenters. The first-order valence-corrected chi connectivity index (χ1v) is 7.89. The number of hydrogen-bond donors (Lipinski definition) is 2. The molecule has 0 spiro atoms. The molecule has 1 aromatic heterocycles. The van der Waals surface area contributed by atoms with Gasteiger partial charge in [-0.3, -0.25) is 9.48 Å². The first-order valence-electron chi connectivity index (χ1n) is 7.89. The van der Waals surface area contributed by atoms with E-state index in [1.165, 1.54) is 12.1 Å². The molecule has 6 nitrogen and oxygen atoms in total. The van der Waals surface area contributed by atoms with E-state index in [0.29, 0.717) is 11.5 Å². The summed E-state index contributed by atoms with van der Waals surface area (Å²) in [6.45, 7) is 0. The molecule has 1 aliphatic carbocycles. The average molecular weight is 327 g/mol. The van der Waals surface area contributed by atoms with E-state index in [1.54, 1.807) is 23.0 Å². The van der Waals surface area contributed by atoms with Crippen molar-refractivity contribution in [2.24, 2.45) is 11.7 Å². The first-order chi connectivity index (χ1) is 11.6. The van der Waals surface area contributed by atoms with E-state index in [1.807, 2.05) is 0 Å². The number of amides is 1. The SMILES string of the molecule is N#CC1CCCCC1n1cc(C(N)=O)c(Nc2ccc(F)cc2)n1. The molecular formula is C17H18FN5O. The highest BCUT2D eigenvalue weighted by Gasteiger charge is 2.28. The predicted molar refractivity (Wildman–Crippen MR) is 87.0 cm³/mol. The van der Waals surface area contributed by atoms with Gasteiger partial charge in [-0.2, -0.15) is 10.4 Å². The van der Waals surface area contributed by atoms with Crippen LogP contribution in [0.2, 0.25) is 0 Å². The van der Waals surface area contributed by atoms with Gasteiger partial charge in [0.1, 0.15) is 11.4 Å². The summed E-state index contributed by atoms with van der Waals surface area (Å²) >= 11 is 0. The van der Waals surface area contributed by atoms with Gasteiger partial charge in [0, 0.05) is 11.9 Å². The zero-order valence-corrected chi connectivity index (χ0v) is 13.1. The number of nitriles is 1. The Labute approximate surface area is 139 Å².